The van der Waals surface area contributed by atoms with Crippen molar-refractivity contribution in [3.05, 3.63) is 24.3 Å². The number of hydrogen-bond donors (Lipinski definition) is 2. The van der Waals surface area contributed by atoms with Crippen molar-refractivity contribution in [1.29, 1.82) is 0 Å². The molecular weight excluding hydrogens is 230 g/mol. The van der Waals surface area contributed by atoms with Crippen LogP contribution in [0.15, 0.2) is 24.3 Å². The van der Waals surface area contributed by atoms with Crippen molar-refractivity contribution in [2.24, 2.45) is 11.8 Å². The standard InChI is InChI=1S/C14H19NO3/c16-13(15-10-6-2-1-3-7-10)11-8-4-5-9-12(11)14(17)18/h1-2,4-5,10-12H,3,6-9H2,(H,15,16)(H,17,18). The van der Waals surface area contributed by atoms with Crippen LogP contribution in [-0.4, -0.2) is 23.0 Å². The number of carbonyl (C=O) groups excluding carboxylic acids is 1. The number of carboxylic acids is 1. The summed E-state index contributed by atoms with van der Waals surface area (Å²) in [6.45, 7) is 0. The van der Waals surface area contributed by atoms with E-state index >= 15 is 0 Å². The van der Waals surface area contributed by atoms with Crippen LogP contribution in [-0.2, 0) is 9.59 Å². The predicted molar refractivity (Wildman–Crippen MR) is 67.9 cm³/mol. The van der Waals surface area contributed by atoms with E-state index in [1.807, 2.05) is 12.2 Å². The highest BCUT2D eigenvalue weighted by Crippen LogP contribution is 2.26. The van der Waals surface area contributed by atoms with Crippen molar-refractivity contribution in [2.45, 2.75) is 38.1 Å². The molecule has 0 aromatic rings. The molecule has 0 heterocycles. The van der Waals surface area contributed by atoms with Crippen LogP contribution in [0.1, 0.15) is 32.1 Å². The first-order valence-corrected chi connectivity index (χ1v) is 6.51. The molecular formula is C14H19NO3. The van der Waals surface area contributed by atoms with Crippen molar-refractivity contribution in [2.75, 3.05) is 0 Å². The molecule has 2 aliphatic rings. The maximum absolute atomic E-state index is 12.1. The molecule has 0 saturated heterocycles. The van der Waals surface area contributed by atoms with Gasteiger partial charge in [-0.25, -0.2) is 0 Å². The number of amides is 1. The summed E-state index contributed by atoms with van der Waals surface area (Å²) in [6.07, 6.45) is 11.7. The molecule has 0 aromatic carbocycles. The maximum Gasteiger partial charge on any atom is 0.307 e. The minimum atomic E-state index is -0.872. The van der Waals surface area contributed by atoms with Gasteiger partial charge in [0, 0.05) is 6.04 Å². The van der Waals surface area contributed by atoms with Gasteiger partial charge in [-0.15, -0.1) is 0 Å². The van der Waals surface area contributed by atoms with E-state index in [0.29, 0.717) is 12.8 Å². The molecule has 0 bridgehead atoms. The lowest BCUT2D eigenvalue weighted by Gasteiger charge is -2.27. The Morgan fingerprint density at radius 3 is 2.28 bits per heavy atom. The molecule has 98 valence electrons. The minimum absolute atomic E-state index is 0.105. The van der Waals surface area contributed by atoms with Gasteiger partial charge >= 0.3 is 5.97 Å². The summed E-state index contributed by atoms with van der Waals surface area (Å²) in [5.41, 5.74) is 0. The monoisotopic (exact) mass is 249 g/mol. The third kappa shape index (κ3) is 3.00. The van der Waals surface area contributed by atoms with Gasteiger partial charge in [0.15, 0.2) is 0 Å². The van der Waals surface area contributed by atoms with Gasteiger partial charge < -0.3 is 10.4 Å². The van der Waals surface area contributed by atoms with Gasteiger partial charge in [0.2, 0.25) is 5.91 Å². The van der Waals surface area contributed by atoms with Gasteiger partial charge in [-0.05, 0) is 32.1 Å². The molecule has 2 N–H and O–H groups in total. The zero-order valence-electron chi connectivity index (χ0n) is 10.3. The van der Waals surface area contributed by atoms with E-state index in [-0.39, 0.29) is 11.9 Å². The van der Waals surface area contributed by atoms with Crippen LogP contribution in [0.2, 0.25) is 0 Å². The maximum atomic E-state index is 12.1. The third-order valence-electron chi connectivity index (χ3n) is 3.70. The normalized spacial score (nSPS) is 31.0. The quantitative estimate of drug-likeness (QED) is 0.750. The lowest BCUT2D eigenvalue weighted by molar-refractivity contribution is -0.147. The molecule has 18 heavy (non-hydrogen) atoms. The van der Waals surface area contributed by atoms with Crippen LogP contribution in [0.3, 0.4) is 0 Å². The second kappa shape index (κ2) is 5.85. The summed E-state index contributed by atoms with van der Waals surface area (Å²) in [4.78, 5) is 23.3. The van der Waals surface area contributed by atoms with Crippen LogP contribution < -0.4 is 5.32 Å². The topological polar surface area (TPSA) is 66.4 Å². The van der Waals surface area contributed by atoms with Crippen LogP contribution in [0.4, 0.5) is 0 Å². The van der Waals surface area contributed by atoms with Crippen LogP contribution in [0.5, 0.6) is 0 Å². The number of carbonyl (C=O) groups is 2. The first-order valence-electron chi connectivity index (χ1n) is 6.51. The highest BCUT2D eigenvalue weighted by Gasteiger charge is 2.34. The number of aliphatic carboxylic acids is 1. The molecule has 4 heteroatoms. The van der Waals surface area contributed by atoms with E-state index in [1.165, 1.54) is 0 Å². The van der Waals surface area contributed by atoms with Crippen molar-refractivity contribution in [3.63, 3.8) is 0 Å². The molecule has 0 spiro atoms. The highest BCUT2D eigenvalue weighted by atomic mass is 16.4. The molecule has 3 unspecified atom stereocenters. The lowest BCUT2D eigenvalue weighted by atomic mass is 9.82. The molecule has 2 aliphatic carbocycles. The molecule has 3 atom stereocenters. The summed E-state index contributed by atoms with van der Waals surface area (Å²) in [5.74, 6) is -1.97. The molecule has 0 saturated carbocycles. The van der Waals surface area contributed by atoms with Crippen molar-refractivity contribution in [1.82, 2.24) is 5.32 Å². The Balaban J connectivity index is 1.96. The zero-order valence-corrected chi connectivity index (χ0v) is 10.3. The third-order valence-corrected chi connectivity index (χ3v) is 3.70. The Morgan fingerprint density at radius 1 is 1.00 bits per heavy atom. The number of hydrogen-bond acceptors (Lipinski definition) is 2. The zero-order chi connectivity index (χ0) is 13.0. The van der Waals surface area contributed by atoms with Gasteiger partial charge in [-0.2, -0.15) is 0 Å². The molecule has 2 rings (SSSR count). The fraction of sp³-hybridized carbons (Fsp3) is 0.571. The predicted octanol–water partition coefficient (Wildman–Crippen LogP) is 1.88. The number of rotatable bonds is 3. The highest BCUT2D eigenvalue weighted by molar-refractivity contribution is 5.85. The van der Waals surface area contributed by atoms with Crippen molar-refractivity contribution >= 4 is 11.9 Å². The number of carboxylic acid groups (broad SMARTS) is 1. The number of nitrogens with one attached hydrogen (secondary N) is 1. The number of allylic oxidation sites excluding steroid dienone is 3. The van der Waals surface area contributed by atoms with E-state index < -0.39 is 17.8 Å². The van der Waals surface area contributed by atoms with Gasteiger partial charge in [0.25, 0.3) is 0 Å². The van der Waals surface area contributed by atoms with E-state index in [0.717, 1.165) is 19.3 Å². The van der Waals surface area contributed by atoms with Gasteiger partial charge in [-0.1, -0.05) is 24.3 Å². The summed E-state index contributed by atoms with van der Waals surface area (Å²) < 4.78 is 0. The van der Waals surface area contributed by atoms with Gasteiger partial charge in [0.1, 0.15) is 0 Å². The van der Waals surface area contributed by atoms with Crippen molar-refractivity contribution < 1.29 is 14.7 Å². The summed E-state index contributed by atoms with van der Waals surface area (Å²) in [5, 5.41) is 12.1. The summed E-state index contributed by atoms with van der Waals surface area (Å²) >= 11 is 0. The average molecular weight is 249 g/mol. The van der Waals surface area contributed by atoms with Crippen LogP contribution >= 0.6 is 0 Å². The Bertz CT molecular complexity index is 387. The molecule has 0 aliphatic heterocycles. The molecule has 1 amide bonds. The Morgan fingerprint density at radius 2 is 1.67 bits per heavy atom. The summed E-state index contributed by atoms with van der Waals surface area (Å²) in [7, 11) is 0. The van der Waals surface area contributed by atoms with Crippen LogP contribution in [0.25, 0.3) is 0 Å². The van der Waals surface area contributed by atoms with Crippen LogP contribution in [0, 0.1) is 11.8 Å². The fourth-order valence-corrected chi connectivity index (χ4v) is 2.61. The van der Waals surface area contributed by atoms with Crippen molar-refractivity contribution in [3.8, 4) is 0 Å². The second-order valence-electron chi connectivity index (χ2n) is 4.98. The molecule has 0 aromatic heterocycles. The minimum Gasteiger partial charge on any atom is -0.481 e. The Labute approximate surface area is 107 Å². The van der Waals surface area contributed by atoms with E-state index in [4.69, 9.17) is 5.11 Å². The van der Waals surface area contributed by atoms with E-state index in [2.05, 4.69) is 17.5 Å². The fourth-order valence-electron chi connectivity index (χ4n) is 2.61. The Hall–Kier alpha value is -1.58. The average Bonchev–Trinajstić information content (AvgIpc) is 2.40. The molecule has 4 nitrogen and oxygen atoms in total. The first kappa shape index (κ1) is 12.9. The van der Waals surface area contributed by atoms with E-state index in [9.17, 15) is 9.59 Å². The molecule has 0 radical (unpaired) electrons. The molecule has 0 fully saturated rings. The van der Waals surface area contributed by atoms with Gasteiger partial charge in [-0.3, -0.25) is 9.59 Å². The Kier molecular flexibility index (Phi) is 4.18. The first-order chi connectivity index (χ1) is 8.68. The van der Waals surface area contributed by atoms with E-state index in [1.54, 1.807) is 0 Å². The largest absolute Gasteiger partial charge is 0.481 e. The summed E-state index contributed by atoms with van der Waals surface area (Å²) in [6, 6.07) is 0.169. The SMILES string of the molecule is O=C(O)C1CC=CCC1C(=O)NC1CC=CCC1. The lowest BCUT2D eigenvalue weighted by Crippen LogP contribution is -2.43. The smallest absolute Gasteiger partial charge is 0.307 e. The van der Waals surface area contributed by atoms with Gasteiger partial charge in [0.05, 0.1) is 11.8 Å². The second-order valence-corrected chi connectivity index (χ2v) is 4.98.